The van der Waals surface area contributed by atoms with Crippen molar-refractivity contribution in [1.29, 1.82) is 0 Å². The first-order valence-electron chi connectivity index (χ1n) is 13.7. The second-order valence-corrected chi connectivity index (χ2v) is 12.6. The molecule has 0 radical (unpaired) electrons. The van der Waals surface area contributed by atoms with Gasteiger partial charge in [-0.3, -0.25) is 38.5 Å². The van der Waals surface area contributed by atoms with E-state index in [0.29, 0.717) is 24.3 Å². The molecule has 1 aromatic carbocycles. The van der Waals surface area contributed by atoms with Gasteiger partial charge in [-0.05, 0) is 51.3 Å². The Balaban J connectivity index is 0.00000102. The van der Waals surface area contributed by atoms with Crippen LogP contribution in [0.15, 0.2) is 28.7 Å². The number of likely N-dealkylation sites (N-methyl/N-ethyl adjacent to an activating group) is 1. The number of hydrogen-bond donors (Lipinski definition) is 7. The van der Waals surface area contributed by atoms with Crippen molar-refractivity contribution >= 4 is 39.2 Å². The lowest BCUT2D eigenvalue weighted by molar-refractivity contribution is -0.385. The molecule has 4 rings (SSSR count). The SMILES string of the molecule is CCN(CC(C)C)c1cc([N+](=O)[O-])c(O)c2c1CC1CC3[C@H](N(C)C)C(O)=C(C(N)=O)C(=O)[C@@]3(O)C(O)=C1C2=O.O=S(=O)(O)O. The molecule has 0 fully saturated rings. The number of nitrogens with two attached hydrogens (primary N) is 1. The Kier molecular flexibility index (Phi) is 9.72. The number of phenols is 1. The first-order chi connectivity index (χ1) is 20.6. The number of nitro groups is 1. The molecule has 1 amide bonds. The number of Topliss-reactive ketones (excluding diaryl/α,β-unsaturated/α-hetero) is 2. The Morgan fingerprint density at radius 1 is 1.20 bits per heavy atom. The average Bonchev–Trinajstić information content (AvgIpc) is 2.88. The van der Waals surface area contributed by atoms with Gasteiger partial charge in [0.05, 0.1) is 16.5 Å². The van der Waals surface area contributed by atoms with Crippen LogP contribution in [0, 0.1) is 27.9 Å². The van der Waals surface area contributed by atoms with Crippen molar-refractivity contribution in [3.63, 3.8) is 0 Å². The number of aliphatic hydroxyl groups excluding tert-OH is 2. The zero-order valence-corrected chi connectivity index (χ0v) is 25.9. The number of amides is 1. The van der Waals surface area contributed by atoms with Gasteiger partial charge in [-0.2, -0.15) is 8.42 Å². The molecule has 0 heterocycles. The maximum absolute atomic E-state index is 14.0. The van der Waals surface area contributed by atoms with Gasteiger partial charge in [0.25, 0.3) is 5.91 Å². The number of carbonyl (C=O) groups is 3. The Labute approximate surface area is 258 Å². The molecular formula is C27H36N4O13S. The van der Waals surface area contributed by atoms with E-state index in [9.17, 15) is 44.9 Å². The highest BCUT2D eigenvalue weighted by atomic mass is 32.3. The largest absolute Gasteiger partial charge is 0.510 e. The summed E-state index contributed by atoms with van der Waals surface area (Å²) in [6.07, 6.45) is -0.0245. The fourth-order valence-corrected chi connectivity index (χ4v) is 6.54. The van der Waals surface area contributed by atoms with Gasteiger partial charge >= 0.3 is 16.1 Å². The van der Waals surface area contributed by atoms with Gasteiger partial charge in [-0.25, -0.2) is 0 Å². The summed E-state index contributed by atoms with van der Waals surface area (Å²) in [6.45, 7) is 6.76. The van der Waals surface area contributed by atoms with Crippen molar-refractivity contribution in [2.24, 2.45) is 23.5 Å². The Morgan fingerprint density at radius 3 is 2.20 bits per heavy atom. The van der Waals surface area contributed by atoms with E-state index in [4.69, 9.17) is 23.3 Å². The summed E-state index contributed by atoms with van der Waals surface area (Å²) in [6, 6.07) is 0.129. The van der Waals surface area contributed by atoms with Crippen LogP contribution in [0.4, 0.5) is 11.4 Å². The Bertz CT molecular complexity index is 1620. The number of hydrogen-bond acceptors (Lipinski definition) is 13. The van der Waals surface area contributed by atoms with Crippen molar-refractivity contribution in [2.45, 2.75) is 45.3 Å². The Hall–Kier alpha value is -4.10. The van der Waals surface area contributed by atoms with Crippen LogP contribution in [0.25, 0.3) is 0 Å². The summed E-state index contributed by atoms with van der Waals surface area (Å²) >= 11 is 0. The van der Waals surface area contributed by atoms with Gasteiger partial charge in [-0.1, -0.05) is 13.8 Å². The zero-order valence-electron chi connectivity index (χ0n) is 25.1. The van der Waals surface area contributed by atoms with E-state index in [2.05, 4.69) is 0 Å². The van der Waals surface area contributed by atoms with Gasteiger partial charge in [-0.15, -0.1) is 0 Å². The fourth-order valence-electron chi connectivity index (χ4n) is 6.54. The topological polar surface area (TPSA) is 282 Å². The number of primary amides is 1. The lowest BCUT2D eigenvalue weighted by atomic mass is 9.58. The number of ketones is 2. The van der Waals surface area contributed by atoms with E-state index < -0.39 is 84.8 Å². The summed E-state index contributed by atoms with van der Waals surface area (Å²) in [7, 11) is -1.57. The molecule has 0 saturated carbocycles. The van der Waals surface area contributed by atoms with Gasteiger partial charge < -0.3 is 31.1 Å². The van der Waals surface area contributed by atoms with E-state index in [1.165, 1.54) is 11.0 Å². The molecule has 8 N–H and O–H groups in total. The van der Waals surface area contributed by atoms with Crippen molar-refractivity contribution < 1.29 is 57.3 Å². The number of allylic oxidation sites excluding steroid dienone is 1. The molecule has 2 unspecified atom stereocenters. The number of aromatic hydroxyl groups is 1. The molecule has 17 nitrogen and oxygen atoms in total. The van der Waals surface area contributed by atoms with Crippen LogP contribution in [-0.2, 0) is 26.4 Å². The second kappa shape index (κ2) is 12.4. The number of carbonyl (C=O) groups excluding carboxylic acids is 3. The smallest absolute Gasteiger partial charge is 0.394 e. The molecular weight excluding hydrogens is 620 g/mol. The molecule has 4 atom stereocenters. The molecule has 18 heteroatoms. The van der Waals surface area contributed by atoms with E-state index in [0.717, 1.165) is 0 Å². The van der Waals surface area contributed by atoms with Gasteiger partial charge in [0, 0.05) is 36.3 Å². The predicted molar refractivity (Wildman–Crippen MR) is 157 cm³/mol. The molecule has 0 spiro atoms. The molecule has 1 aromatic rings. The molecule has 248 valence electrons. The van der Waals surface area contributed by atoms with Gasteiger partial charge in [0.1, 0.15) is 17.1 Å². The highest BCUT2D eigenvalue weighted by molar-refractivity contribution is 7.79. The third-order valence-electron chi connectivity index (χ3n) is 8.18. The molecule has 3 aliphatic rings. The molecule has 45 heavy (non-hydrogen) atoms. The Morgan fingerprint density at radius 2 is 1.76 bits per heavy atom. The number of fused-ring (bicyclic) bond motifs is 3. The van der Waals surface area contributed by atoms with Crippen LogP contribution in [0.5, 0.6) is 5.75 Å². The number of benzene rings is 1. The highest BCUT2D eigenvalue weighted by Gasteiger charge is 2.63. The lowest BCUT2D eigenvalue weighted by Crippen LogP contribution is -2.63. The maximum atomic E-state index is 14.0. The summed E-state index contributed by atoms with van der Waals surface area (Å²) in [5.41, 5.74) is 0.963. The number of anilines is 1. The summed E-state index contributed by atoms with van der Waals surface area (Å²) in [4.78, 5) is 53.9. The van der Waals surface area contributed by atoms with Crippen LogP contribution in [-0.4, -0.2) is 104 Å². The molecule has 3 aliphatic carbocycles. The number of aliphatic hydroxyl groups is 3. The van der Waals surface area contributed by atoms with Crippen LogP contribution >= 0.6 is 0 Å². The van der Waals surface area contributed by atoms with E-state index in [1.807, 2.05) is 25.7 Å². The standard InChI is InChI=1S/C27H34N4O9.H2O4S/c1-6-30(10-11(2)3)15-9-16(31(39)40)21(32)18-13(15)7-12-8-14-20(29(4)5)23(34)19(26(28)37)25(36)27(14,38)24(35)17(12)22(18)33;1-5(2,3)4/h9,11-12,14,20,32,34-35,38H,6-8,10H2,1-5H3,(H2,28,37);(H2,1,2,3,4)/t12?,14?,20-,27-;/m0./s1. The van der Waals surface area contributed by atoms with Crippen LogP contribution in [0.1, 0.15) is 43.1 Å². The van der Waals surface area contributed by atoms with Crippen molar-refractivity contribution in [3.05, 3.63) is 50.0 Å². The van der Waals surface area contributed by atoms with Crippen LogP contribution < -0.4 is 10.6 Å². The fraction of sp³-hybridized carbons (Fsp3) is 0.519. The third kappa shape index (κ3) is 6.23. The van der Waals surface area contributed by atoms with E-state index >= 15 is 0 Å². The molecule has 0 bridgehead atoms. The molecule has 0 saturated heterocycles. The summed E-state index contributed by atoms with van der Waals surface area (Å²) < 4.78 is 31.6. The lowest BCUT2D eigenvalue weighted by Gasteiger charge is -2.50. The monoisotopic (exact) mass is 656 g/mol. The van der Waals surface area contributed by atoms with Crippen molar-refractivity contribution in [2.75, 3.05) is 32.1 Å². The van der Waals surface area contributed by atoms with E-state index in [-0.39, 0.29) is 29.9 Å². The quantitative estimate of drug-likeness (QED) is 0.0927. The van der Waals surface area contributed by atoms with Crippen LogP contribution in [0.3, 0.4) is 0 Å². The highest BCUT2D eigenvalue weighted by Crippen LogP contribution is 2.54. The first-order valence-corrected chi connectivity index (χ1v) is 15.1. The van der Waals surface area contributed by atoms with Crippen molar-refractivity contribution in [3.8, 4) is 5.75 Å². The number of phenolic OH excluding ortho intramolecular Hbond substituents is 1. The number of nitro benzene ring substituents is 1. The molecule has 0 aromatic heterocycles. The summed E-state index contributed by atoms with van der Waals surface area (Å²) in [5.74, 6) is -7.95. The minimum atomic E-state index is -4.67. The molecule has 0 aliphatic heterocycles. The normalized spacial score (nSPS) is 24.5. The van der Waals surface area contributed by atoms with Crippen molar-refractivity contribution in [1.82, 2.24) is 4.90 Å². The maximum Gasteiger partial charge on any atom is 0.394 e. The summed E-state index contributed by atoms with van der Waals surface area (Å²) in [5, 5.41) is 56.8. The predicted octanol–water partition coefficient (Wildman–Crippen LogP) is 0.858. The zero-order chi connectivity index (χ0) is 34.5. The minimum absolute atomic E-state index is 0.0457. The first kappa shape index (κ1) is 35.4. The van der Waals surface area contributed by atoms with Gasteiger partial charge in [0.2, 0.25) is 11.5 Å². The third-order valence-corrected chi connectivity index (χ3v) is 8.18. The van der Waals surface area contributed by atoms with E-state index in [1.54, 1.807) is 14.1 Å². The van der Waals surface area contributed by atoms with Crippen LogP contribution in [0.2, 0.25) is 0 Å². The number of rotatable bonds is 7. The van der Waals surface area contributed by atoms with Gasteiger partial charge in [0.15, 0.2) is 11.4 Å². The minimum Gasteiger partial charge on any atom is -0.510 e. The average molecular weight is 657 g/mol. The number of nitrogens with zero attached hydrogens (tertiary/aromatic N) is 3. The second-order valence-electron chi connectivity index (χ2n) is 11.7.